The Bertz CT molecular complexity index is 1050. The van der Waals surface area contributed by atoms with Gasteiger partial charge >= 0.3 is 0 Å². The predicted octanol–water partition coefficient (Wildman–Crippen LogP) is 2.57. The number of oxazole rings is 1. The normalized spacial score (nSPS) is 19.2. The van der Waals surface area contributed by atoms with Crippen LogP contribution in [0.25, 0.3) is 22.2 Å². The summed E-state index contributed by atoms with van der Waals surface area (Å²) in [5.74, 6) is 0.0484. The third-order valence-corrected chi connectivity index (χ3v) is 5.65. The van der Waals surface area contributed by atoms with Gasteiger partial charge in [-0.2, -0.15) is 0 Å². The van der Waals surface area contributed by atoms with Crippen LogP contribution in [-0.4, -0.2) is 65.5 Å². The maximum atomic E-state index is 12.8. The molecule has 0 spiro atoms. The van der Waals surface area contributed by atoms with Gasteiger partial charge in [0.05, 0.1) is 6.61 Å². The number of amides is 2. The first-order valence-corrected chi connectivity index (χ1v) is 9.82. The molecular formula is C22H21N3O4. The van der Waals surface area contributed by atoms with Crippen molar-refractivity contribution in [3.8, 4) is 11.1 Å². The first-order chi connectivity index (χ1) is 14.2. The fourth-order valence-electron chi connectivity index (χ4n) is 3.79. The Balaban J connectivity index is 1.24. The molecule has 2 saturated heterocycles. The van der Waals surface area contributed by atoms with E-state index in [0.717, 1.165) is 28.6 Å². The van der Waals surface area contributed by atoms with Crippen molar-refractivity contribution < 1.29 is 18.7 Å². The Kier molecular flexibility index (Phi) is 4.52. The van der Waals surface area contributed by atoms with Gasteiger partial charge in [-0.1, -0.05) is 18.2 Å². The van der Waals surface area contributed by atoms with Crippen molar-refractivity contribution >= 4 is 22.9 Å². The topological polar surface area (TPSA) is 75.9 Å². The number of hydrogen-bond acceptors (Lipinski definition) is 5. The van der Waals surface area contributed by atoms with Gasteiger partial charge in [0.25, 0.3) is 11.8 Å². The first kappa shape index (κ1) is 17.9. The molecule has 148 valence electrons. The third kappa shape index (κ3) is 3.38. The molecule has 2 aliphatic heterocycles. The monoisotopic (exact) mass is 391 g/mol. The lowest BCUT2D eigenvalue weighted by Crippen LogP contribution is -2.54. The smallest absolute Gasteiger partial charge is 0.253 e. The fraction of sp³-hybridized carbons (Fsp3) is 0.318. The van der Waals surface area contributed by atoms with Crippen LogP contribution in [0.3, 0.4) is 0 Å². The molecule has 7 nitrogen and oxygen atoms in total. The first-order valence-electron chi connectivity index (χ1n) is 9.82. The predicted molar refractivity (Wildman–Crippen MR) is 106 cm³/mol. The number of rotatable bonds is 3. The summed E-state index contributed by atoms with van der Waals surface area (Å²) in [7, 11) is 0. The number of carbonyl (C=O) groups is 2. The zero-order chi connectivity index (χ0) is 19.8. The van der Waals surface area contributed by atoms with Gasteiger partial charge in [0.15, 0.2) is 12.0 Å². The standard InChI is InChI=1S/C22H21N3O4/c26-21(24-8-10-25(11-9-24)22(27)20-7-12-28-20)16-3-1-15(2-4-16)17-5-6-19-18(13-17)23-14-29-19/h1-6,13-14,20H,7-12H2. The van der Waals surface area contributed by atoms with Crippen LogP contribution in [0.15, 0.2) is 53.3 Å². The van der Waals surface area contributed by atoms with Crippen LogP contribution >= 0.6 is 0 Å². The summed E-state index contributed by atoms with van der Waals surface area (Å²) in [6.45, 7) is 2.86. The van der Waals surface area contributed by atoms with E-state index in [1.54, 1.807) is 4.90 Å². The van der Waals surface area contributed by atoms with E-state index in [1.165, 1.54) is 6.39 Å². The molecule has 1 unspecified atom stereocenters. The highest BCUT2D eigenvalue weighted by Crippen LogP contribution is 2.24. The SMILES string of the molecule is O=C(c1ccc(-c2ccc3ocnc3c2)cc1)N1CCN(C(=O)C2CCO2)CC1. The van der Waals surface area contributed by atoms with Gasteiger partial charge in [0, 0.05) is 38.2 Å². The van der Waals surface area contributed by atoms with E-state index in [2.05, 4.69) is 4.98 Å². The van der Waals surface area contributed by atoms with Crippen molar-refractivity contribution in [1.29, 1.82) is 0 Å². The molecule has 0 bridgehead atoms. The molecule has 1 aromatic heterocycles. The van der Waals surface area contributed by atoms with Crippen molar-refractivity contribution in [3.63, 3.8) is 0 Å². The minimum atomic E-state index is -0.277. The average molecular weight is 391 g/mol. The van der Waals surface area contributed by atoms with Gasteiger partial charge in [0.1, 0.15) is 11.6 Å². The van der Waals surface area contributed by atoms with E-state index in [4.69, 9.17) is 9.15 Å². The second kappa shape index (κ2) is 7.33. The number of benzene rings is 2. The number of aromatic nitrogens is 1. The van der Waals surface area contributed by atoms with Crippen LogP contribution in [0.5, 0.6) is 0 Å². The number of fused-ring (bicyclic) bond motifs is 1. The number of ether oxygens (including phenoxy) is 1. The van der Waals surface area contributed by atoms with Gasteiger partial charge in [-0.25, -0.2) is 4.98 Å². The lowest BCUT2D eigenvalue weighted by atomic mass is 10.0. The second-order valence-corrected chi connectivity index (χ2v) is 7.38. The maximum Gasteiger partial charge on any atom is 0.253 e. The summed E-state index contributed by atoms with van der Waals surface area (Å²) in [6.07, 6.45) is 1.96. The lowest BCUT2D eigenvalue weighted by Gasteiger charge is -2.38. The van der Waals surface area contributed by atoms with E-state index < -0.39 is 0 Å². The van der Waals surface area contributed by atoms with E-state index >= 15 is 0 Å². The molecule has 5 rings (SSSR count). The van der Waals surface area contributed by atoms with Gasteiger partial charge in [-0.15, -0.1) is 0 Å². The van der Waals surface area contributed by atoms with Gasteiger partial charge < -0.3 is 19.0 Å². The Labute approximate surface area is 167 Å². The summed E-state index contributed by atoms with van der Waals surface area (Å²) in [6, 6.07) is 13.4. The zero-order valence-corrected chi connectivity index (χ0v) is 15.9. The van der Waals surface area contributed by atoms with E-state index in [1.807, 2.05) is 47.4 Å². The highest BCUT2D eigenvalue weighted by molar-refractivity contribution is 5.95. The van der Waals surface area contributed by atoms with Gasteiger partial charge in [-0.05, 0) is 35.4 Å². The molecule has 2 aromatic carbocycles. The summed E-state index contributed by atoms with van der Waals surface area (Å²) in [5, 5.41) is 0. The molecule has 0 radical (unpaired) electrons. The third-order valence-electron chi connectivity index (χ3n) is 5.65. The summed E-state index contributed by atoms with van der Waals surface area (Å²) >= 11 is 0. The van der Waals surface area contributed by atoms with Crippen LogP contribution in [-0.2, 0) is 9.53 Å². The van der Waals surface area contributed by atoms with E-state index in [0.29, 0.717) is 38.3 Å². The number of hydrogen-bond donors (Lipinski definition) is 0. The van der Waals surface area contributed by atoms with Crippen molar-refractivity contribution in [1.82, 2.24) is 14.8 Å². The van der Waals surface area contributed by atoms with Crippen molar-refractivity contribution in [2.75, 3.05) is 32.8 Å². The Hall–Kier alpha value is -3.19. The minimum absolute atomic E-state index is 0.00417. The van der Waals surface area contributed by atoms with Crippen molar-refractivity contribution in [2.45, 2.75) is 12.5 Å². The molecule has 2 amide bonds. The summed E-state index contributed by atoms with van der Waals surface area (Å²) in [5.41, 5.74) is 4.25. The molecule has 0 saturated carbocycles. The molecule has 0 aliphatic carbocycles. The molecule has 7 heteroatoms. The Morgan fingerprint density at radius 2 is 1.62 bits per heavy atom. The highest BCUT2D eigenvalue weighted by atomic mass is 16.5. The van der Waals surface area contributed by atoms with Crippen LogP contribution in [0.4, 0.5) is 0 Å². The molecule has 2 aliphatic rings. The van der Waals surface area contributed by atoms with Gasteiger partial charge in [0.2, 0.25) is 0 Å². The fourth-order valence-corrected chi connectivity index (χ4v) is 3.79. The van der Waals surface area contributed by atoms with Crippen LogP contribution < -0.4 is 0 Å². The van der Waals surface area contributed by atoms with E-state index in [9.17, 15) is 9.59 Å². The second-order valence-electron chi connectivity index (χ2n) is 7.38. The quantitative estimate of drug-likeness (QED) is 0.686. The molecule has 0 N–H and O–H groups in total. The van der Waals surface area contributed by atoms with E-state index in [-0.39, 0.29) is 17.9 Å². The minimum Gasteiger partial charge on any atom is -0.443 e. The van der Waals surface area contributed by atoms with Crippen molar-refractivity contribution in [3.05, 3.63) is 54.4 Å². The van der Waals surface area contributed by atoms with Crippen LogP contribution in [0.1, 0.15) is 16.8 Å². The summed E-state index contributed by atoms with van der Waals surface area (Å²) in [4.78, 5) is 32.9. The number of nitrogens with zero attached hydrogens (tertiary/aromatic N) is 3. The van der Waals surface area contributed by atoms with Crippen molar-refractivity contribution in [2.24, 2.45) is 0 Å². The lowest BCUT2D eigenvalue weighted by molar-refractivity contribution is -0.157. The summed E-state index contributed by atoms with van der Waals surface area (Å²) < 4.78 is 10.6. The molecule has 3 aromatic rings. The molecule has 3 heterocycles. The zero-order valence-electron chi connectivity index (χ0n) is 15.9. The average Bonchev–Trinajstić information content (AvgIpc) is 3.20. The molecular weight excluding hydrogens is 370 g/mol. The van der Waals surface area contributed by atoms with Gasteiger partial charge in [-0.3, -0.25) is 9.59 Å². The Morgan fingerprint density at radius 1 is 0.931 bits per heavy atom. The maximum absolute atomic E-state index is 12.8. The Morgan fingerprint density at radius 3 is 2.31 bits per heavy atom. The number of piperazine rings is 1. The number of carbonyl (C=O) groups excluding carboxylic acids is 2. The van der Waals surface area contributed by atoms with Crippen LogP contribution in [0.2, 0.25) is 0 Å². The van der Waals surface area contributed by atoms with Crippen LogP contribution in [0, 0.1) is 0 Å². The largest absolute Gasteiger partial charge is 0.443 e. The molecule has 29 heavy (non-hydrogen) atoms. The highest BCUT2D eigenvalue weighted by Gasteiger charge is 2.33. The molecule has 2 fully saturated rings. The molecule has 1 atom stereocenters.